The summed E-state index contributed by atoms with van der Waals surface area (Å²) in [5.41, 5.74) is 1.68. The molecule has 0 radical (unpaired) electrons. The number of halogens is 3. The van der Waals surface area contributed by atoms with Crippen molar-refractivity contribution in [3.05, 3.63) is 77.6 Å². The normalized spacial score (nSPS) is 11.6. The minimum atomic E-state index is -4.32. The highest BCUT2D eigenvalue weighted by atomic mass is 19.4. The molecule has 0 saturated heterocycles. The number of aromatic nitrogens is 2. The molecular weight excluding hydrogens is 289 g/mol. The lowest BCUT2D eigenvalue weighted by molar-refractivity contribution is -0.137. The van der Waals surface area contributed by atoms with E-state index in [2.05, 4.69) is 9.97 Å². The predicted octanol–water partition coefficient (Wildman–Crippen LogP) is 4.69. The van der Waals surface area contributed by atoms with Crippen LogP contribution in [-0.2, 0) is 12.6 Å². The van der Waals surface area contributed by atoms with Crippen LogP contribution >= 0.6 is 0 Å². The predicted molar refractivity (Wildman–Crippen MR) is 78.3 cm³/mol. The summed E-state index contributed by atoms with van der Waals surface area (Å²) in [7, 11) is 0. The molecule has 5 heteroatoms. The van der Waals surface area contributed by atoms with Gasteiger partial charge < -0.3 is 4.98 Å². The first-order valence-electron chi connectivity index (χ1n) is 6.78. The van der Waals surface area contributed by atoms with Gasteiger partial charge in [0.15, 0.2) is 0 Å². The Hall–Kier alpha value is -2.56. The summed E-state index contributed by atoms with van der Waals surface area (Å²) >= 11 is 0. The summed E-state index contributed by atoms with van der Waals surface area (Å²) < 4.78 is 38.1. The summed E-state index contributed by atoms with van der Waals surface area (Å²) in [6.45, 7) is 0. The van der Waals surface area contributed by atoms with Crippen molar-refractivity contribution in [2.24, 2.45) is 0 Å². The fraction of sp³-hybridized carbons (Fsp3) is 0.118. The second-order valence-electron chi connectivity index (χ2n) is 5.00. The molecule has 0 saturated carbocycles. The molecule has 0 unspecified atom stereocenters. The van der Waals surface area contributed by atoms with Gasteiger partial charge in [-0.05, 0) is 11.6 Å². The second kappa shape index (κ2) is 5.67. The molecule has 22 heavy (non-hydrogen) atoms. The first-order valence-corrected chi connectivity index (χ1v) is 6.78. The van der Waals surface area contributed by atoms with Crippen LogP contribution in [-0.4, -0.2) is 9.97 Å². The van der Waals surface area contributed by atoms with Crippen molar-refractivity contribution in [2.45, 2.75) is 12.6 Å². The lowest BCUT2D eigenvalue weighted by Crippen LogP contribution is -2.05. The molecule has 3 aromatic rings. The zero-order chi connectivity index (χ0) is 15.6. The molecule has 2 aromatic carbocycles. The minimum absolute atomic E-state index is 0.379. The Morgan fingerprint density at radius 3 is 2.45 bits per heavy atom. The highest BCUT2D eigenvalue weighted by molar-refractivity contribution is 5.54. The second-order valence-corrected chi connectivity index (χ2v) is 5.00. The lowest BCUT2D eigenvalue weighted by Gasteiger charge is -2.08. The van der Waals surface area contributed by atoms with Gasteiger partial charge in [-0.3, -0.25) is 0 Å². The molecule has 0 aliphatic heterocycles. The van der Waals surface area contributed by atoms with Crippen LogP contribution in [0.25, 0.3) is 11.4 Å². The molecule has 0 amide bonds. The topological polar surface area (TPSA) is 28.7 Å². The van der Waals surface area contributed by atoms with Crippen molar-refractivity contribution in [3.8, 4) is 11.4 Å². The number of aromatic amines is 1. The van der Waals surface area contributed by atoms with E-state index in [0.717, 1.165) is 17.3 Å². The van der Waals surface area contributed by atoms with E-state index in [1.165, 1.54) is 12.1 Å². The van der Waals surface area contributed by atoms with Gasteiger partial charge in [0.1, 0.15) is 5.82 Å². The Balaban J connectivity index is 1.81. The number of imidazole rings is 1. The largest absolute Gasteiger partial charge is 0.416 e. The van der Waals surface area contributed by atoms with Crippen LogP contribution in [0.2, 0.25) is 0 Å². The Morgan fingerprint density at radius 1 is 0.955 bits per heavy atom. The number of nitrogens with zero attached hydrogens (tertiary/aromatic N) is 1. The van der Waals surface area contributed by atoms with E-state index >= 15 is 0 Å². The average Bonchev–Trinajstić information content (AvgIpc) is 2.96. The molecule has 0 atom stereocenters. The van der Waals surface area contributed by atoms with Gasteiger partial charge in [0.05, 0.1) is 5.56 Å². The summed E-state index contributed by atoms with van der Waals surface area (Å²) in [6, 6.07) is 14.9. The van der Waals surface area contributed by atoms with E-state index in [1.54, 1.807) is 12.3 Å². The highest BCUT2D eigenvalue weighted by Crippen LogP contribution is 2.30. The van der Waals surface area contributed by atoms with E-state index in [9.17, 15) is 13.2 Å². The highest BCUT2D eigenvalue weighted by Gasteiger charge is 2.30. The maximum Gasteiger partial charge on any atom is 0.416 e. The SMILES string of the molecule is FC(F)(F)c1cccc(Cc2cnc(-c3ccccc3)[nH]2)c1. The van der Waals surface area contributed by atoms with Gasteiger partial charge in [0.2, 0.25) is 0 Å². The van der Waals surface area contributed by atoms with Crippen molar-refractivity contribution in [1.29, 1.82) is 0 Å². The van der Waals surface area contributed by atoms with Crippen molar-refractivity contribution in [2.75, 3.05) is 0 Å². The van der Waals surface area contributed by atoms with Crippen LogP contribution in [0.4, 0.5) is 13.2 Å². The van der Waals surface area contributed by atoms with E-state index < -0.39 is 11.7 Å². The molecule has 1 N–H and O–H groups in total. The number of hydrogen-bond acceptors (Lipinski definition) is 1. The molecule has 0 aliphatic carbocycles. The molecule has 0 aliphatic rings. The standard InChI is InChI=1S/C17H13F3N2/c18-17(19,20)14-8-4-5-12(9-14)10-15-11-21-16(22-15)13-6-2-1-3-7-13/h1-9,11H,10H2,(H,21,22). The Morgan fingerprint density at radius 2 is 1.73 bits per heavy atom. The van der Waals surface area contributed by atoms with Crippen molar-refractivity contribution in [1.82, 2.24) is 9.97 Å². The first-order chi connectivity index (χ1) is 10.5. The number of H-pyrrole nitrogens is 1. The third-order valence-electron chi connectivity index (χ3n) is 3.32. The summed E-state index contributed by atoms with van der Waals surface area (Å²) in [5, 5.41) is 0. The fourth-order valence-corrected chi connectivity index (χ4v) is 2.27. The van der Waals surface area contributed by atoms with Crippen LogP contribution in [0.5, 0.6) is 0 Å². The van der Waals surface area contributed by atoms with Gasteiger partial charge >= 0.3 is 6.18 Å². The number of alkyl halides is 3. The maximum atomic E-state index is 12.7. The Bertz CT molecular complexity index is 761. The summed E-state index contributed by atoms with van der Waals surface area (Å²) in [4.78, 5) is 7.42. The van der Waals surface area contributed by atoms with Crippen LogP contribution in [0, 0.1) is 0 Å². The molecule has 0 spiro atoms. The third kappa shape index (κ3) is 3.19. The fourth-order valence-electron chi connectivity index (χ4n) is 2.27. The number of hydrogen-bond donors (Lipinski definition) is 1. The van der Waals surface area contributed by atoms with Crippen LogP contribution < -0.4 is 0 Å². The van der Waals surface area contributed by atoms with Gasteiger partial charge in [0, 0.05) is 23.9 Å². The van der Waals surface area contributed by atoms with Crippen molar-refractivity contribution < 1.29 is 13.2 Å². The smallest absolute Gasteiger partial charge is 0.342 e. The monoisotopic (exact) mass is 302 g/mol. The van der Waals surface area contributed by atoms with Gasteiger partial charge in [0.25, 0.3) is 0 Å². The van der Waals surface area contributed by atoms with Crippen molar-refractivity contribution >= 4 is 0 Å². The molecule has 0 fully saturated rings. The number of nitrogens with one attached hydrogen (secondary N) is 1. The lowest BCUT2D eigenvalue weighted by atomic mass is 10.1. The molecule has 3 rings (SSSR count). The molecule has 112 valence electrons. The van der Waals surface area contributed by atoms with Gasteiger partial charge in [-0.2, -0.15) is 13.2 Å². The maximum absolute atomic E-state index is 12.7. The molecular formula is C17H13F3N2. The Kier molecular flexibility index (Phi) is 3.71. The molecule has 1 aromatic heterocycles. The third-order valence-corrected chi connectivity index (χ3v) is 3.32. The van der Waals surface area contributed by atoms with Gasteiger partial charge in [-0.25, -0.2) is 4.98 Å². The van der Waals surface area contributed by atoms with Crippen LogP contribution in [0.15, 0.2) is 60.8 Å². The minimum Gasteiger partial charge on any atom is -0.342 e. The summed E-state index contributed by atoms with van der Waals surface area (Å²) in [6.07, 6.45) is -2.29. The Labute approximate surface area is 125 Å². The number of benzene rings is 2. The van der Waals surface area contributed by atoms with Gasteiger partial charge in [-0.15, -0.1) is 0 Å². The van der Waals surface area contributed by atoms with E-state index in [-0.39, 0.29) is 0 Å². The van der Waals surface area contributed by atoms with Crippen LogP contribution in [0.1, 0.15) is 16.8 Å². The van der Waals surface area contributed by atoms with Crippen molar-refractivity contribution in [3.63, 3.8) is 0 Å². The summed E-state index contributed by atoms with van der Waals surface area (Å²) in [5.74, 6) is 0.711. The van der Waals surface area contributed by atoms with E-state index in [0.29, 0.717) is 17.8 Å². The van der Waals surface area contributed by atoms with E-state index in [4.69, 9.17) is 0 Å². The molecule has 0 bridgehead atoms. The number of rotatable bonds is 3. The first kappa shape index (κ1) is 14.4. The quantitative estimate of drug-likeness (QED) is 0.747. The van der Waals surface area contributed by atoms with Crippen LogP contribution in [0.3, 0.4) is 0 Å². The molecule has 2 nitrogen and oxygen atoms in total. The van der Waals surface area contributed by atoms with E-state index in [1.807, 2.05) is 30.3 Å². The zero-order valence-electron chi connectivity index (χ0n) is 11.6. The zero-order valence-corrected chi connectivity index (χ0v) is 11.6. The average molecular weight is 302 g/mol. The van der Waals surface area contributed by atoms with Gasteiger partial charge in [-0.1, -0.05) is 48.5 Å². The molecule has 1 heterocycles.